The summed E-state index contributed by atoms with van der Waals surface area (Å²) in [6.07, 6.45) is 1.17. The molecule has 2 atom stereocenters. The number of hydrogen-bond acceptors (Lipinski definition) is 8. The number of hydrogen-bond donors (Lipinski definition) is 2. The van der Waals surface area contributed by atoms with E-state index >= 15 is 0 Å². The zero-order valence-corrected chi connectivity index (χ0v) is 26.1. The third-order valence-electron chi connectivity index (χ3n) is 8.49. The number of fused-ring (bicyclic) bond motifs is 2. The van der Waals surface area contributed by atoms with Gasteiger partial charge in [0.05, 0.1) is 35.4 Å². The normalized spacial score (nSPS) is 24.8. The fraction of sp³-hybridized carbons (Fsp3) is 0.500. The highest BCUT2D eigenvalue weighted by Crippen LogP contribution is 2.60. The van der Waals surface area contributed by atoms with Crippen molar-refractivity contribution < 1.29 is 23.4 Å². The SMILES string of the molecule is CN(C)C[C@@]1(COc2nc3c(c(N4CCC[C@@](C)(O)C4)n2)CN(C(=O)c2cc(N)cc4cccc(I)c24)C3)CC1(F)F. The van der Waals surface area contributed by atoms with Crippen LogP contribution in [0.15, 0.2) is 30.3 Å². The lowest BCUT2D eigenvalue weighted by Gasteiger charge is -2.38. The summed E-state index contributed by atoms with van der Waals surface area (Å²) < 4.78 is 35.7. The van der Waals surface area contributed by atoms with E-state index in [2.05, 4.69) is 27.6 Å². The molecular formula is C30H35F2IN6O3. The number of ether oxygens (including phenoxy) is 1. The molecule has 42 heavy (non-hydrogen) atoms. The molecule has 1 saturated carbocycles. The largest absolute Gasteiger partial charge is 0.463 e. The third kappa shape index (κ3) is 5.37. The number of rotatable bonds is 7. The first-order chi connectivity index (χ1) is 19.8. The second-order valence-electron chi connectivity index (χ2n) is 12.5. The van der Waals surface area contributed by atoms with Gasteiger partial charge in [-0.25, -0.2) is 8.78 Å². The number of piperidine rings is 1. The fourth-order valence-corrected chi connectivity index (χ4v) is 7.20. The molecule has 1 saturated heterocycles. The molecule has 9 nitrogen and oxygen atoms in total. The molecule has 2 aromatic carbocycles. The van der Waals surface area contributed by atoms with Gasteiger partial charge < -0.3 is 30.3 Å². The third-order valence-corrected chi connectivity index (χ3v) is 9.39. The summed E-state index contributed by atoms with van der Waals surface area (Å²) in [6, 6.07) is 9.39. The Kier molecular flexibility index (Phi) is 7.25. The minimum absolute atomic E-state index is 0.00745. The average Bonchev–Trinajstić information content (AvgIpc) is 3.21. The molecule has 3 heterocycles. The maximum absolute atomic E-state index is 14.4. The van der Waals surface area contributed by atoms with E-state index < -0.39 is 16.9 Å². The summed E-state index contributed by atoms with van der Waals surface area (Å²) in [5, 5.41) is 12.6. The Morgan fingerprint density at radius 3 is 2.69 bits per heavy atom. The Labute approximate surface area is 257 Å². The summed E-state index contributed by atoms with van der Waals surface area (Å²) in [5.41, 5.74) is 6.38. The highest BCUT2D eigenvalue weighted by atomic mass is 127. The molecule has 6 rings (SSSR count). The van der Waals surface area contributed by atoms with Gasteiger partial charge in [-0.2, -0.15) is 9.97 Å². The van der Waals surface area contributed by atoms with Crippen LogP contribution in [0, 0.1) is 8.99 Å². The number of carbonyl (C=O) groups is 1. The maximum atomic E-state index is 14.4. The number of halogens is 3. The number of amides is 1. The molecule has 0 spiro atoms. The van der Waals surface area contributed by atoms with E-state index in [1.165, 1.54) is 0 Å². The molecule has 1 amide bonds. The van der Waals surface area contributed by atoms with Crippen LogP contribution in [-0.4, -0.2) is 82.6 Å². The first-order valence-corrected chi connectivity index (χ1v) is 15.1. The first kappa shape index (κ1) is 29.2. The quantitative estimate of drug-likeness (QED) is 0.279. The van der Waals surface area contributed by atoms with Crippen LogP contribution in [0.5, 0.6) is 6.01 Å². The smallest absolute Gasteiger partial charge is 0.318 e. The van der Waals surface area contributed by atoms with Crippen molar-refractivity contribution in [1.82, 2.24) is 19.8 Å². The molecular weight excluding hydrogens is 657 g/mol. The lowest BCUT2D eigenvalue weighted by molar-refractivity contribution is 0.0285. The van der Waals surface area contributed by atoms with Gasteiger partial charge in [-0.15, -0.1) is 0 Å². The second kappa shape index (κ2) is 10.4. The number of anilines is 2. The Morgan fingerprint density at radius 2 is 2.00 bits per heavy atom. The van der Waals surface area contributed by atoms with Gasteiger partial charge >= 0.3 is 6.01 Å². The van der Waals surface area contributed by atoms with Crippen LogP contribution in [0.4, 0.5) is 20.3 Å². The van der Waals surface area contributed by atoms with Gasteiger partial charge in [0.1, 0.15) is 12.4 Å². The lowest BCUT2D eigenvalue weighted by atomic mass is 9.95. The molecule has 2 fully saturated rings. The number of β-amino-alcohol motifs (C(OH)–C–C–N with tert-alkyl or cyclic N) is 1. The molecule has 3 aromatic rings. The van der Waals surface area contributed by atoms with Crippen molar-refractivity contribution in [3.05, 3.63) is 50.7 Å². The van der Waals surface area contributed by atoms with E-state index in [0.29, 0.717) is 42.3 Å². The number of benzene rings is 2. The number of aromatic nitrogens is 2. The second-order valence-corrected chi connectivity index (χ2v) is 13.7. The van der Waals surface area contributed by atoms with Gasteiger partial charge in [0.25, 0.3) is 11.8 Å². The van der Waals surface area contributed by atoms with Crippen LogP contribution in [0.2, 0.25) is 0 Å². The summed E-state index contributed by atoms with van der Waals surface area (Å²) in [4.78, 5) is 28.8. The topological polar surface area (TPSA) is 108 Å². The van der Waals surface area contributed by atoms with E-state index in [9.17, 15) is 18.7 Å². The lowest BCUT2D eigenvalue weighted by Crippen LogP contribution is -2.47. The average molecular weight is 693 g/mol. The van der Waals surface area contributed by atoms with E-state index in [1.54, 1.807) is 36.9 Å². The van der Waals surface area contributed by atoms with E-state index in [1.807, 2.05) is 29.2 Å². The zero-order valence-electron chi connectivity index (χ0n) is 24.0. The van der Waals surface area contributed by atoms with Crippen molar-refractivity contribution in [3.63, 3.8) is 0 Å². The van der Waals surface area contributed by atoms with E-state index in [0.717, 1.165) is 26.3 Å². The molecule has 12 heteroatoms. The summed E-state index contributed by atoms with van der Waals surface area (Å²) in [6.45, 7) is 3.25. The van der Waals surface area contributed by atoms with Crippen molar-refractivity contribution in [3.8, 4) is 6.01 Å². The van der Waals surface area contributed by atoms with Gasteiger partial charge in [0, 0.05) is 46.3 Å². The molecule has 0 bridgehead atoms. The standard InChI is InChI=1S/C30H35F2IN6O3/c1-28(41)8-5-9-38(15-28)25-21-12-39(26(40)20-11-19(34)10-18-6-4-7-22(33)24(18)20)13-23(21)35-27(36-25)42-17-29(16-37(2)3)14-30(29,31)32/h4,6-7,10-11,41H,5,8-9,12-17,34H2,1-3H3/t28-,29-/m1/s1. The number of carbonyl (C=O) groups excluding carboxylic acids is 1. The van der Waals surface area contributed by atoms with Crippen molar-refractivity contribution >= 4 is 50.8 Å². The molecule has 1 aromatic heterocycles. The van der Waals surface area contributed by atoms with E-state index in [4.69, 9.17) is 15.5 Å². The Balaban J connectivity index is 1.33. The van der Waals surface area contributed by atoms with Gasteiger partial charge in [-0.1, -0.05) is 12.1 Å². The minimum Gasteiger partial charge on any atom is -0.463 e. The minimum atomic E-state index is -2.82. The maximum Gasteiger partial charge on any atom is 0.318 e. The van der Waals surface area contributed by atoms with Gasteiger partial charge in [-0.05, 0) is 80.0 Å². The van der Waals surface area contributed by atoms with E-state index in [-0.39, 0.29) is 44.6 Å². The molecule has 3 N–H and O–H groups in total. The number of aliphatic hydroxyl groups is 1. The predicted octanol–water partition coefficient (Wildman–Crippen LogP) is 4.29. The summed E-state index contributed by atoms with van der Waals surface area (Å²) in [5.74, 6) is -2.43. The van der Waals surface area contributed by atoms with Crippen molar-refractivity contribution in [2.45, 2.75) is 50.8 Å². The van der Waals surface area contributed by atoms with Crippen LogP contribution in [0.1, 0.15) is 47.8 Å². The summed E-state index contributed by atoms with van der Waals surface area (Å²) >= 11 is 2.23. The van der Waals surface area contributed by atoms with Crippen molar-refractivity contribution in [1.29, 1.82) is 0 Å². The number of nitrogens with two attached hydrogens (primary N) is 1. The van der Waals surface area contributed by atoms with Crippen LogP contribution in [-0.2, 0) is 13.1 Å². The molecule has 2 aliphatic heterocycles. The monoisotopic (exact) mass is 692 g/mol. The first-order valence-electron chi connectivity index (χ1n) is 14.1. The van der Waals surface area contributed by atoms with Crippen molar-refractivity contribution in [2.24, 2.45) is 5.41 Å². The number of alkyl halides is 2. The zero-order chi connectivity index (χ0) is 30.0. The Hall–Kier alpha value is -2.84. The highest BCUT2D eigenvalue weighted by Gasteiger charge is 2.71. The predicted molar refractivity (Wildman–Crippen MR) is 165 cm³/mol. The Morgan fingerprint density at radius 1 is 1.24 bits per heavy atom. The number of nitrogens with zero attached hydrogens (tertiary/aromatic N) is 5. The van der Waals surface area contributed by atoms with Crippen molar-refractivity contribution in [2.75, 3.05) is 51.0 Å². The van der Waals surface area contributed by atoms with Crippen LogP contribution < -0.4 is 15.4 Å². The van der Waals surface area contributed by atoms with Gasteiger partial charge in [0.15, 0.2) is 0 Å². The molecule has 3 aliphatic rings. The van der Waals surface area contributed by atoms with Crippen LogP contribution in [0.25, 0.3) is 10.8 Å². The highest BCUT2D eigenvalue weighted by molar-refractivity contribution is 14.1. The van der Waals surface area contributed by atoms with Crippen LogP contribution in [0.3, 0.4) is 0 Å². The molecule has 0 unspecified atom stereocenters. The number of nitrogen functional groups attached to an aromatic ring is 1. The summed E-state index contributed by atoms with van der Waals surface area (Å²) in [7, 11) is 3.52. The molecule has 1 aliphatic carbocycles. The Bertz CT molecular complexity index is 1570. The molecule has 0 radical (unpaired) electrons. The van der Waals surface area contributed by atoms with Gasteiger partial charge in [0.2, 0.25) is 0 Å². The van der Waals surface area contributed by atoms with Crippen LogP contribution >= 0.6 is 22.6 Å². The molecule has 224 valence electrons. The fourth-order valence-electron chi connectivity index (χ4n) is 6.39. The van der Waals surface area contributed by atoms with Gasteiger partial charge in [-0.3, -0.25) is 4.79 Å².